The van der Waals surface area contributed by atoms with Gasteiger partial charge >= 0.3 is 0 Å². The van der Waals surface area contributed by atoms with E-state index in [0.29, 0.717) is 66.6 Å². The number of benzene rings is 1. The molecule has 0 radical (unpaired) electrons. The molecule has 0 aliphatic rings. The number of aryl methyl sites for hydroxylation is 1. The molecule has 2 N–H and O–H groups in total. The summed E-state index contributed by atoms with van der Waals surface area (Å²) >= 11 is 12.2. The van der Waals surface area contributed by atoms with Crippen molar-refractivity contribution in [2.75, 3.05) is 38.8 Å². The molecule has 0 fully saturated rings. The van der Waals surface area contributed by atoms with Crippen molar-refractivity contribution in [3.63, 3.8) is 0 Å². The van der Waals surface area contributed by atoms with E-state index in [2.05, 4.69) is 15.2 Å². The predicted octanol–water partition coefficient (Wildman–Crippen LogP) is 3.82. The van der Waals surface area contributed by atoms with Crippen molar-refractivity contribution in [1.29, 1.82) is 0 Å². The fourth-order valence-electron chi connectivity index (χ4n) is 2.35. The summed E-state index contributed by atoms with van der Waals surface area (Å²) in [6.07, 6.45) is 1.60. The third-order valence-corrected chi connectivity index (χ3v) is 4.52. The maximum absolute atomic E-state index is 6.21. The molecule has 28 heavy (non-hydrogen) atoms. The lowest BCUT2D eigenvalue weighted by atomic mass is 10.1. The molecule has 154 valence electrons. The average molecular weight is 429 g/mol. The minimum Gasteiger partial charge on any atom is -0.382 e. The predicted molar refractivity (Wildman–Crippen MR) is 111 cm³/mol. The van der Waals surface area contributed by atoms with Crippen molar-refractivity contribution < 1.29 is 14.2 Å². The standard InChI is InChI=1S/C19H26Cl2N4O3/c1-13(2)28-12-11-27-10-9-26-8-4-7-16-23-19(22)18(25-24-16)14-5-3-6-15(20)17(14)21/h3,5-6,13H,4,7-12H2,1-2H3,(H2,22,23,24). The van der Waals surface area contributed by atoms with Crippen LogP contribution in [-0.4, -0.2) is 54.3 Å². The van der Waals surface area contributed by atoms with Gasteiger partial charge in [0.1, 0.15) is 5.69 Å². The number of nitrogens with two attached hydrogens (primary N) is 1. The summed E-state index contributed by atoms with van der Waals surface area (Å²) in [5.41, 5.74) is 7.06. The van der Waals surface area contributed by atoms with Gasteiger partial charge < -0.3 is 19.9 Å². The topological polar surface area (TPSA) is 92.4 Å². The lowest BCUT2D eigenvalue weighted by molar-refractivity contribution is -0.00169. The summed E-state index contributed by atoms with van der Waals surface area (Å²) in [7, 11) is 0. The smallest absolute Gasteiger partial charge is 0.154 e. The molecule has 0 saturated heterocycles. The molecule has 2 rings (SSSR count). The monoisotopic (exact) mass is 428 g/mol. The second-order valence-corrected chi connectivity index (χ2v) is 7.10. The number of hydrogen-bond acceptors (Lipinski definition) is 7. The Morgan fingerprint density at radius 2 is 1.71 bits per heavy atom. The van der Waals surface area contributed by atoms with Gasteiger partial charge in [-0.3, -0.25) is 0 Å². The summed E-state index contributed by atoms with van der Waals surface area (Å²) in [6.45, 7) is 6.82. The fraction of sp³-hybridized carbons (Fsp3) is 0.526. The van der Waals surface area contributed by atoms with E-state index in [-0.39, 0.29) is 11.9 Å². The summed E-state index contributed by atoms with van der Waals surface area (Å²) in [5.74, 6) is 0.831. The van der Waals surface area contributed by atoms with Gasteiger partial charge in [0.05, 0.1) is 42.6 Å². The molecule has 0 unspecified atom stereocenters. The Labute approximate surface area is 175 Å². The average Bonchev–Trinajstić information content (AvgIpc) is 2.66. The highest BCUT2D eigenvalue weighted by Crippen LogP contribution is 2.34. The SMILES string of the molecule is CC(C)OCCOCCOCCCc1nnc(-c2cccc(Cl)c2Cl)c(N)n1. The van der Waals surface area contributed by atoms with Crippen LogP contribution in [0.5, 0.6) is 0 Å². The van der Waals surface area contributed by atoms with Crippen LogP contribution in [0.4, 0.5) is 5.82 Å². The van der Waals surface area contributed by atoms with Gasteiger partial charge in [0.15, 0.2) is 11.6 Å². The van der Waals surface area contributed by atoms with Gasteiger partial charge in [0.25, 0.3) is 0 Å². The molecule has 7 nitrogen and oxygen atoms in total. The zero-order valence-corrected chi connectivity index (χ0v) is 17.7. The van der Waals surface area contributed by atoms with Crippen LogP contribution >= 0.6 is 23.2 Å². The normalized spacial score (nSPS) is 11.3. The molecular weight excluding hydrogens is 403 g/mol. The quantitative estimate of drug-likeness (QED) is 0.513. The molecule has 1 aromatic heterocycles. The van der Waals surface area contributed by atoms with E-state index in [1.54, 1.807) is 18.2 Å². The van der Waals surface area contributed by atoms with Crippen LogP contribution < -0.4 is 5.73 Å². The molecule has 0 spiro atoms. The first-order valence-electron chi connectivity index (χ1n) is 9.19. The van der Waals surface area contributed by atoms with Gasteiger partial charge in [0.2, 0.25) is 0 Å². The second-order valence-electron chi connectivity index (χ2n) is 6.31. The van der Waals surface area contributed by atoms with Crippen LogP contribution in [0.3, 0.4) is 0 Å². The van der Waals surface area contributed by atoms with E-state index in [9.17, 15) is 0 Å². The van der Waals surface area contributed by atoms with Gasteiger partial charge in [-0.15, -0.1) is 10.2 Å². The number of nitrogen functional groups attached to an aromatic ring is 1. The van der Waals surface area contributed by atoms with E-state index in [1.807, 2.05) is 13.8 Å². The Bertz CT molecular complexity index is 747. The minimum absolute atomic E-state index is 0.224. The Hall–Kier alpha value is -1.51. The van der Waals surface area contributed by atoms with Crippen molar-refractivity contribution in [2.45, 2.75) is 32.8 Å². The van der Waals surface area contributed by atoms with Crippen molar-refractivity contribution in [3.05, 3.63) is 34.1 Å². The first kappa shape index (κ1) is 22.8. The summed E-state index contributed by atoms with van der Waals surface area (Å²) in [5, 5.41) is 9.11. The lowest BCUT2D eigenvalue weighted by Gasteiger charge is -2.09. The molecule has 0 aliphatic heterocycles. The zero-order chi connectivity index (χ0) is 20.4. The van der Waals surface area contributed by atoms with Crippen LogP contribution in [0.25, 0.3) is 11.3 Å². The van der Waals surface area contributed by atoms with Crippen LogP contribution in [0.15, 0.2) is 18.2 Å². The molecule has 0 amide bonds. The van der Waals surface area contributed by atoms with E-state index in [4.69, 9.17) is 43.1 Å². The third-order valence-electron chi connectivity index (χ3n) is 3.70. The van der Waals surface area contributed by atoms with E-state index < -0.39 is 0 Å². The van der Waals surface area contributed by atoms with Crippen LogP contribution in [0.2, 0.25) is 10.0 Å². The molecule has 9 heteroatoms. The van der Waals surface area contributed by atoms with Crippen LogP contribution in [0.1, 0.15) is 26.1 Å². The van der Waals surface area contributed by atoms with Gasteiger partial charge in [-0.05, 0) is 26.3 Å². The number of rotatable bonds is 12. The molecule has 0 saturated carbocycles. The van der Waals surface area contributed by atoms with E-state index in [1.165, 1.54) is 0 Å². The second kappa shape index (κ2) is 12.1. The Morgan fingerprint density at radius 3 is 2.43 bits per heavy atom. The van der Waals surface area contributed by atoms with Crippen molar-refractivity contribution in [2.24, 2.45) is 0 Å². The number of ether oxygens (including phenoxy) is 3. The van der Waals surface area contributed by atoms with E-state index >= 15 is 0 Å². The van der Waals surface area contributed by atoms with Crippen LogP contribution in [0, 0.1) is 0 Å². The van der Waals surface area contributed by atoms with Gasteiger partial charge in [-0.1, -0.05) is 35.3 Å². The van der Waals surface area contributed by atoms with Crippen LogP contribution in [-0.2, 0) is 20.6 Å². The Morgan fingerprint density at radius 1 is 1.00 bits per heavy atom. The summed E-state index contributed by atoms with van der Waals surface area (Å²) in [6, 6.07) is 5.25. The molecular formula is C19H26Cl2N4O3. The number of hydrogen-bond donors (Lipinski definition) is 1. The van der Waals surface area contributed by atoms with Gasteiger partial charge in [-0.25, -0.2) is 4.98 Å². The van der Waals surface area contributed by atoms with Gasteiger partial charge in [0, 0.05) is 18.6 Å². The molecule has 0 bridgehead atoms. The highest BCUT2D eigenvalue weighted by Gasteiger charge is 2.13. The highest BCUT2D eigenvalue weighted by molar-refractivity contribution is 6.43. The molecule has 1 heterocycles. The number of halogens is 2. The number of nitrogens with zero attached hydrogens (tertiary/aromatic N) is 3. The van der Waals surface area contributed by atoms with Crippen molar-refractivity contribution >= 4 is 29.0 Å². The Kier molecular flexibility index (Phi) is 9.87. The highest BCUT2D eigenvalue weighted by atomic mass is 35.5. The van der Waals surface area contributed by atoms with Gasteiger partial charge in [-0.2, -0.15) is 0 Å². The first-order chi connectivity index (χ1) is 13.5. The number of anilines is 1. The largest absolute Gasteiger partial charge is 0.382 e. The molecule has 0 aliphatic carbocycles. The first-order valence-corrected chi connectivity index (χ1v) is 9.95. The number of aromatic nitrogens is 3. The zero-order valence-electron chi connectivity index (χ0n) is 16.2. The van der Waals surface area contributed by atoms with E-state index in [0.717, 1.165) is 6.42 Å². The maximum Gasteiger partial charge on any atom is 0.154 e. The molecule has 0 atom stereocenters. The van der Waals surface area contributed by atoms with Crippen molar-refractivity contribution in [3.8, 4) is 11.3 Å². The molecule has 1 aromatic carbocycles. The Balaban J connectivity index is 1.69. The minimum atomic E-state index is 0.224. The third kappa shape index (κ3) is 7.48. The molecule has 2 aromatic rings. The maximum atomic E-state index is 6.21. The lowest BCUT2D eigenvalue weighted by Crippen LogP contribution is -2.12. The summed E-state index contributed by atoms with van der Waals surface area (Å²) < 4.78 is 16.3. The van der Waals surface area contributed by atoms with Crippen molar-refractivity contribution in [1.82, 2.24) is 15.2 Å². The summed E-state index contributed by atoms with van der Waals surface area (Å²) in [4.78, 5) is 4.31. The fourth-order valence-corrected chi connectivity index (χ4v) is 2.74.